The average Bonchev–Trinajstić information content (AvgIpc) is 3.86. The number of aryl methyl sites for hydroxylation is 4. The number of hydrogen-bond acceptors (Lipinski definition) is 8. The molecule has 0 spiro atoms. The summed E-state index contributed by atoms with van der Waals surface area (Å²) < 4.78 is 16.0. The van der Waals surface area contributed by atoms with E-state index in [1.165, 1.54) is 11.9 Å². The van der Waals surface area contributed by atoms with Gasteiger partial charge in [-0.05, 0) is 130 Å². The second-order valence-electron chi connectivity index (χ2n) is 17.7. The molecule has 1 fully saturated rings. The van der Waals surface area contributed by atoms with Gasteiger partial charge in [0.05, 0.1) is 51.5 Å². The summed E-state index contributed by atoms with van der Waals surface area (Å²) in [5.41, 5.74) is 7.75. The quantitative estimate of drug-likeness (QED) is 0.0785. The number of ketones is 2. The van der Waals surface area contributed by atoms with Crippen LogP contribution in [0.5, 0.6) is 0 Å². The first-order chi connectivity index (χ1) is 26.0. The number of rotatable bonds is 10. The molecule has 2 aromatic carbocycles. The van der Waals surface area contributed by atoms with E-state index in [9.17, 15) is 9.59 Å². The van der Waals surface area contributed by atoms with Gasteiger partial charge in [-0.1, -0.05) is 41.9 Å². The Labute approximate surface area is 337 Å². The number of nitrogens with zero attached hydrogens (tertiary/aromatic N) is 6. The highest BCUT2D eigenvalue weighted by molar-refractivity contribution is 6.62. The lowest BCUT2D eigenvalue weighted by molar-refractivity contribution is 0.00578. The summed E-state index contributed by atoms with van der Waals surface area (Å²) in [5, 5.41) is 9.05. The third kappa shape index (κ3) is 10.3. The van der Waals surface area contributed by atoms with Crippen LogP contribution in [0.2, 0.25) is 5.15 Å². The molecule has 3 aromatic heterocycles. The van der Waals surface area contributed by atoms with Crippen molar-refractivity contribution in [3.8, 4) is 11.3 Å². The van der Waals surface area contributed by atoms with Crippen molar-refractivity contribution in [2.24, 2.45) is 0 Å². The van der Waals surface area contributed by atoms with Crippen molar-refractivity contribution in [3.05, 3.63) is 112 Å². The second kappa shape index (κ2) is 16.6. The molecule has 0 radical (unpaired) electrons. The van der Waals surface area contributed by atoms with Crippen molar-refractivity contribution < 1.29 is 18.9 Å². The first-order valence-corrected chi connectivity index (χ1v) is 19.6. The smallest absolute Gasteiger partial charge is 0.399 e. The molecule has 0 atom stereocenters. The zero-order valence-corrected chi connectivity index (χ0v) is 35.8. The highest BCUT2D eigenvalue weighted by Gasteiger charge is 2.51. The Morgan fingerprint density at radius 2 is 1.20 bits per heavy atom. The van der Waals surface area contributed by atoms with Crippen molar-refractivity contribution >= 4 is 35.7 Å². The summed E-state index contributed by atoms with van der Waals surface area (Å²) in [4.78, 5) is 33.3. The van der Waals surface area contributed by atoms with Gasteiger partial charge in [0.2, 0.25) is 0 Å². The molecule has 0 N–H and O–H groups in total. The zero-order valence-electron chi connectivity index (χ0n) is 35.0. The molecule has 5 aromatic rings. The van der Waals surface area contributed by atoms with Crippen LogP contribution in [0.3, 0.4) is 0 Å². The summed E-state index contributed by atoms with van der Waals surface area (Å²) in [7, 11) is -0.363. The molecule has 0 aliphatic carbocycles. The lowest BCUT2D eigenvalue weighted by Crippen LogP contribution is -2.41. The summed E-state index contributed by atoms with van der Waals surface area (Å²) >= 11 is 5.94. The predicted molar refractivity (Wildman–Crippen MR) is 224 cm³/mol. The fourth-order valence-electron chi connectivity index (χ4n) is 6.20. The van der Waals surface area contributed by atoms with Crippen molar-refractivity contribution in [2.45, 2.75) is 131 Å². The third-order valence-electron chi connectivity index (χ3n) is 10.6. The van der Waals surface area contributed by atoms with Gasteiger partial charge in [-0.15, -0.1) is 0 Å². The molecule has 0 saturated carbocycles. The first kappa shape index (κ1) is 42.7. The molecule has 10 nitrogen and oxygen atoms in total. The SMILES string of the molecule is Cc1cc(-c2cc(Cl)ncn2)ccc1CCC(=O)c1cnn(C(C)(C)C)c1.Cc1cc(B2OC(C)(C)C(C)(C)O2)ccc1CCC(=O)c1cnn(C(C)(C)C)c1. The lowest BCUT2D eigenvalue weighted by atomic mass is 9.77. The van der Waals surface area contributed by atoms with Gasteiger partial charge < -0.3 is 9.31 Å². The van der Waals surface area contributed by atoms with Crippen LogP contribution in [0.4, 0.5) is 0 Å². The number of Topliss-reactive ketones (excluding diaryl/α,β-unsaturated/α-hetero) is 2. The average molecular weight is 779 g/mol. The van der Waals surface area contributed by atoms with E-state index in [1.807, 2.05) is 46.9 Å². The maximum absolute atomic E-state index is 12.6. The van der Waals surface area contributed by atoms with Crippen molar-refractivity contribution in [1.29, 1.82) is 0 Å². The number of hydrogen-bond donors (Lipinski definition) is 0. The van der Waals surface area contributed by atoms with Gasteiger partial charge >= 0.3 is 7.12 Å². The molecular formula is C44H56BClN6O4. The molecule has 12 heteroatoms. The van der Waals surface area contributed by atoms with E-state index >= 15 is 0 Å². The van der Waals surface area contributed by atoms with Gasteiger partial charge in [-0.2, -0.15) is 10.2 Å². The van der Waals surface area contributed by atoms with Gasteiger partial charge in [0.15, 0.2) is 11.6 Å². The predicted octanol–water partition coefficient (Wildman–Crippen LogP) is 8.93. The topological polar surface area (TPSA) is 114 Å². The molecular weight excluding hydrogens is 723 g/mol. The number of carbonyl (C=O) groups excluding carboxylic acids is 2. The number of halogens is 1. The van der Waals surface area contributed by atoms with Crippen LogP contribution in [-0.2, 0) is 33.2 Å². The highest BCUT2D eigenvalue weighted by atomic mass is 35.5. The largest absolute Gasteiger partial charge is 0.494 e. The molecule has 1 aliphatic heterocycles. The highest BCUT2D eigenvalue weighted by Crippen LogP contribution is 2.36. The van der Waals surface area contributed by atoms with Gasteiger partial charge in [0.1, 0.15) is 11.5 Å². The minimum Gasteiger partial charge on any atom is -0.399 e. The maximum atomic E-state index is 12.6. The summed E-state index contributed by atoms with van der Waals surface area (Å²) in [6, 6.07) is 14.1. The molecule has 56 heavy (non-hydrogen) atoms. The van der Waals surface area contributed by atoms with Crippen LogP contribution in [-0.4, -0.2) is 59.4 Å². The van der Waals surface area contributed by atoms with Gasteiger partial charge in [-0.3, -0.25) is 19.0 Å². The van der Waals surface area contributed by atoms with Crippen molar-refractivity contribution in [1.82, 2.24) is 29.5 Å². The summed E-state index contributed by atoms with van der Waals surface area (Å²) in [6.45, 7) is 24.7. The summed E-state index contributed by atoms with van der Waals surface area (Å²) in [5.74, 6) is 0.228. The molecule has 0 unspecified atom stereocenters. The summed E-state index contributed by atoms with van der Waals surface area (Å²) in [6.07, 6.45) is 10.8. The van der Waals surface area contributed by atoms with E-state index in [4.69, 9.17) is 20.9 Å². The Balaban J connectivity index is 0.000000215. The molecule has 0 amide bonds. The fourth-order valence-corrected chi connectivity index (χ4v) is 6.35. The van der Waals surface area contributed by atoms with E-state index in [2.05, 4.69) is 115 Å². The zero-order chi connectivity index (χ0) is 41.2. The van der Waals surface area contributed by atoms with Crippen LogP contribution in [0.25, 0.3) is 11.3 Å². The third-order valence-corrected chi connectivity index (χ3v) is 10.8. The fraction of sp³-hybridized carbons (Fsp3) is 0.455. The van der Waals surface area contributed by atoms with Crippen molar-refractivity contribution in [2.75, 3.05) is 0 Å². The minimum absolute atomic E-state index is 0.108. The maximum Gasteiger partial charge on any atom is 0.494 e. The Bertz CT molecular complexity index is 2180. The van der Waals surface area contributed by atoms with Gasteiger partial charge in [0, 0.05) is 36.9 Å². The Morgan fingerprint density at radius 3 is 1.62 bits per heavy atom. The first-order valence-electron chi connectivity index (χ1n) is 19.2. The van der Waals surface area contributed by atoms with Crippen molar-refractivity contribution in [3.63, 3.8) is 0 Å². The second-order valence-corrected chi connectivity index (χ2v) is 18.1. The van der Waals surface area contributed by atoms with Crippen LogP contribution in [0.1, 0.15) is 125 Å². The normalized spacial score (nSPS) is 15.1. The van der Waals surface area contributed by atoms with E-state index in [1.54, 1.807) is 18.5 Å². The van der Waals surface area contributed by atoms with Crippen LogP contribution in [0.15, 0.2) is 73.6 Å². The standard InChI is InChI=1S/C23H33BN2O3.C21H23ClN4O/c1-16-13-19(24-28-22(5,6)23(7,8)29-24)11-9-17(16)10-12-20(27)18-14-25-26(15-18)21(2,3)4;1-14-9-16(18-10-20(22)24-13-23-18)6-5-15(14)7-8-19(27)17-11-25-26(12-17)21(2,3)4/h9,11,13-15H,10,12H2,1-8H3;5-6,9-13H,7-8H2,1-4H3. The van der Waals surface area contributed by atoms with E-state index < -0.39 is 0 Å². The Kier molecular flexibility index (Phi) is 12.6. The van der Waals surface area contributed by atoms with Crippen LogP contribution in [0, 0.1) is 13.8 Å². The van der Waals surface area contributed by atoms with Crippen LogP contribution >= 0.6 is 11.6 Å². The van der Waals surface area contributed by atoms with Crippen LogP contribution < -0.4 is 5.46 Å². The molecule has 1 aliphatic rings. The lowest BCUT2D eigenvalue weighted by Gasteiger charge is -2.32. The molecule has 0 bridgehead atoms. The molecule has 4 heterocycles. The molecule has 1 saturated heterocycles. The van der Waals surface area contributed by atoms with E-state index in [0.29, 0.717) is 42.0 Å². The van der Waals surface area contributed by atoms with Gasteiger partial charge in [0.25, 0.3) is 0 Å². The minimum atomic E-state index is -0.363. The van der Waals surface area contributed by atoms with E-state index in [0.717, 1.165) is 33.4 Å². The number of aromatic nitrogens is 6. The Morgan fingerprint density at radius 1 is 0.714 bits per heavy atom. The molecule has 6 rings (SSSR count). The number of carbonyl (C=O) groups is 2. The van der Waals surface area contributed by atoms with Gasteiger partial charge in [-0.25, -0.2) is 9.97 Å². The number of benzene rings is 2. The molecule has 296 valence electrons. The Hall–Kier alpha value is -4.45. The van der Waals surface area contributed by atoms with E-state index in [-0.39, 0.29) is 41.0 Å². The monoisotopic (exact) mass is 778 g/mol.